The first-order valence-electron chi connectivity index (χ1n) is 16.0. The number of hydrogen-bond donors (Lipinski definition) is 1. The molecule has 3 aromatic carbocycles. The molecule has 4 heterocycles. The highest BCUT2D eigenvalue weighted by Gasteiger charge is 2.30. The number of hydrogen-bond acceptors (Lipinski definition) is 4. The van der Waals surface area contributed by atoms with Crippen LogP contribution < -0.4 is 5.32 Å². The Labute approximate surface area is 263 Å². The summed E-state index contributed by atoms with van der Waals surface area (Å²) in [6, 6.07) is 22.3. The van der Waals surface area contributed by atoms with E-state index in [0.29, 0.717) is 28.8 Å². The Hall–Kier alpha value is -3.68. The molecule has 7 rings (SSSR count). The summed E-state index contributed by atoms with van der Waals surface area (Å²) in [5.41, 5.74) is 6.24. The number of likely N-dealkylation sites (tertiary alicyclic amines) is 1. The van der Waals surface area contributed by atoms with Gasteiger partial charge in [0, 0.05) is 24.6 Å². The number of benzene rings is 3. The molecule has 0 radical (unpaired) electrons. The van der Waals surface area contributed by atoms with E-state index in [4.69, 9.17) is 5.10 Å². The molecule has 3 aliphatic rings. The molecule has 0 bridgehead atoms. The van der Waals surface area contributed by atoms with Crippen LogP contribution in [0.1, 0.15) is 77.8 Å². The minimum atomic E-state index is -0.312. The van der Waals surface area contributed by atoms with E-state index in [1.807, 2.05) is 71.1 Å². The minimum Gasteiger partial charge on any atom is -0.351 e. The third-order valence-corrected chi connectivity index (χ3v) is 10.5. The number of fused-ring (bicyclic) bond motifs is 1. The summed E-state index contributed by atoms with van der Waals surface area (Å²) in [7, 11) is 0. The number of amides is 1. The second-order valence-electron chi connectivity index (χ2n) is 12.2. The maximum absolute atomic E-state index is 16.1. The van der Waals surface area contributed by atoms with E-state index in [0.717, 1.165) is 41.8 Å². The number of halogens is 1. The quantitative estimate of drug-likeness (QED) is 0.216. The van der Waals surface area contributed by atoms with Gasteiger partial charge < -0.3 is 5.32 Å². The van der Waals surface area contributed by atoms with Crippen molar-refractivity contribution in [2.45, 2.75) is 56.4 Å². The fourth-order valence-electron chi connectivity index (χ4n) is 6.78. The number of nitrogens with zero attached hydrogens (tertiary/aromatic N) is 3. The molecule has 4 aromatic rings. The molecule has 1 N–H and O–H groups in total. The van der Waals surface area contributed by atoms with Gasteiger partial charge in [0.25, 0.3) is 0 Å². The Morgan fingerprint density at radius 2 is 1.75 bits per heavy atom. The van der Waals surface area contributed by atoms with Crippen molar-refractivity contribution in [3.8, 4) is 0 Å². The molecule has 0 saturated carbocycles. The SMILES string of the molecule is O=C1NCC(c2ccccc2)/C1=C\c1cc(F)c2c(/C=C/c3ccc(CN4CCCCC4)cc3)nn(C3CCCCS3)c2c1. The molecule has 1 aromatic heterocycles. The van der Waals surface area contributed by atoms with Crippen LogP contribution in [0.2, 0.25) is 0 Å². The van der Waals surface area contributed by atoms with Gasteiger partial charge >= 0.3 is 0 Å². The third kappa shape index (κ3) is 6.26. The van der Waals surface area contributed by atoms with Crippen LogP contribution in [0.15, 0.2) is 72.3 Å². The molecule has 2 atom stereocenters. The number of rotatable bonds is 7. The summed E-state index contributed by atoms with van der Waals surface area (Å²) in [4.78, 5) is 15.4. The van der Waals surface area contributed by atoms with Gasteiger partial charge in [-0.15, -0.1) is 11.8 Å². The highest BCUT2D eigenvalue weighted by atomic mass is 32.2. The van der Waals surface area contributed by atoms with Crippen LogP contribution in [0, 0.1) is 5.82 Å². The number of piperidine rings is 1. The summed E-state index contributed by atoms with van der Waals surface area (Å²) in [5.74, 6) is 0.603. The van der Waals surface area contributed by atoms with E-state index in [9.17, 15) is 4.79 Å². The van der Waals surface area contributed by atoms with E-state index >= 15 is 4.39 Å². The van der Waals surface area contributed by atoms with E-state index in [1.165, 1.54) is 44.3 Å². The lowest BCUT2D eigenvalue weighted by Gasteiger charge is -2.26. The summed E-state index contributed by atoms with van der Waals surface area (Å²) in [6.45, 7) is 3.91. The Balaban J connectivity index is 1.21. The molecule has 7 heteroatoms. The summed E-state index contributed by atoms with van der Waals surface area (Å²) >= 11 is 1.89. The highest BCUT2D eigenvalue weighted by molar-refractivity contribution is 7.99. The van der Waals surface area contributed by atoms with Crippen molar-refractivity contribution < 1.29 is 9.18 Å². The molecule has 44 heavy (non-hydrogen) atoms. The number of carbonyl (C=O) groups is 1. The Bertz CT molecular complexity index is 1680. The monoisotopic (exact) mass is 606 g/mol. The molecule has 2 unspecified atom stereocenters. The minimum absolute atomic E-state index is 0.0639. The van der Waals surface area contributed by atoms with E-state index in [1.54, 1.807) is 6.07 Å². The fourth-order valence-corrected chi connectivity index (χ4v) is 8.06. The maximum atomic E-state index is 16.1. The lowest BCUT2D eigenvalue weighted by Crippen LogP contribution is -2.28. The van der Waals surface area contributed by atoms with Gasteiger partial charge in [-0.1, -0.05) is 67.1 Å². The Morgan fingerprint density at radius 3 is 2.52 bits per heavy atom. The predicted molar refractivity (Wildman–Crippen MR) is 180 cm³/mol. The Morgan fingerprint density at radius 1 is 0.932 bits per heavy atom. The predicted octanol–water partition coefficient (Wildman–Crippen LogP) is 8.04. The topological polar surface area (TPSA) is 50.2 Å². The van der Waals surface area contributed by atoms with Gasteiger partial charge in [0.05, 0.1) is 22.0 Å². The van der Waals surface area contributed by atoms with Crippen molar-refractivity contribution in [2.75, 3.05) is 25.4 Å². The van der Waals surface area contributed by atoms with Gasteiger partial charge in [0.1, 0.15) is 5.82 Å². The van der Waals surface area contributed by atoms with Gasteiger partial charge in [-0.3, -0.25) is 14.4 Å². The average Bonchev–Trinajstić information content (AvgIpc) is 3.62. The average molecular weight is 607 g/mol. The number of carbonyl (C=O) groups excluding carboxylic acids is 1. The molecule has 5 nitrogen and oxygen atoms in total. The normalized spacial score (nSPS) is 22.3. The Kier molecular flexibility index (Phi) is 8.67. The van der Waals surface area contributed by atoms with Crippen LogP contribution in [-0.4, -0.2) is 46.0 Å². The first-order valence-corrected chi connectivity index (χ1v) is 17.0. The molecular weight excluding hydrogens is 567 g/mol. The third-order valence-electron chi connectivity index (χ3n) is 9.14. The molecule has 1 amide bonds. The largest absolute Gasteiger partial charge is 0.351 e. The number of thioether (sulfide) groups is 1. The van der Waals surface area contributed by atoms with Gasteiger partial charge in [0.2, 0.25) is 5.91 Å². The molecule has 3 saturated heterocycles. The second-order valence-corrected chi connectivity index (χ2v) is 13.5. The zero-order valence-electron chi connectivity index (χ0n) is 25.1. The van der Waals surface area contributed by atoms with Crippen molar-refractivity contribution in [3.05, 3.63) is 106 Å². The van der Waals surface area contributed by atoms with Crippen LogP contribution >= 0.6 is 11.8 Å². The van der Waals surface area contributed by atoms with Crippen molar-refractivity contribution >= 4 is 46.8 Å². The second kappa shape index (κ2) is 13.1. The summed E-state index contributed by atoms with van der Waals surface area (Å²) in [6.07, 6.45) is 13.1. The molecule has 3 aliphatic heterocycles. The molecule has 3 fully saturated rings. The standard InChI is InChI=1S/C37H39FN4OS/c38-32-22-28(21-30-31(24-39-37(30)43)29-9-3-1-4-10-29)23-34-36(32)33(40-42(34)35-11-5-8-20-44-35)17-16-26-12-14-27(15-13-26)25-41-18-6-2-7-19-41/h1,3-4,9-10,12-17,21-23,31,35H,2,5-8,11,18-20,24-25H2,(H,39,43)/b17-16+,30-21+. The van der Waals surface area contributed by atoms with Crippen molar-refractivity contribution in [2.24, 2.45) is 0 Å². The molecule has 0 aliphatic carbocycles. The number of aromatic nitrogens is 2. The van der Waals surface area contributed by atoms with Gasteiger partial charge in [-0.2, -0.15) is 5.10 Å². The molecule has 0 spiro atoms. The summed E-state index contributed by atoms with van der Waals surface area (Å²) < 4.78 is 18.1. The van der Waals surface area contributed by atoms with E-state index in [2.05, 4.69) is 34.5 Å². The van der Waals surface area contributed by atoms with Crippen molar-refractivity contribution in [1.82, 2.24) is 20.0 Å². The van der Waals surface area contributed by atoms with E-state index in [-0.39, 0.29) is 23.0 Å². The fraction of sp³-hybridized carbons (Fsp3) is 0.351. The van der Waals surface area contributed by atoms with Crippen molar-refractivity contribution in [1.29, 1.82) is 0 Å². The summed E-state index contributed by atoms with van der Waals surface area (Å²) in [5, 5.41) is 8.67. The van der Waals surface area contributed by atoms with Crippen LogP contribution in [0.4, 0.5) is 4.39 Å². The van der Waals surface area contributed by atoms with Crippen LogP contribution in [0.5, 0.6) is 0 Å². The molecule has 226 valence electrons. The van der Waals surface area contributed by atoms with Crippen LogP contribution in [0.25, 0.3) is 29.1 Å². The zero-order chi connectivity index (χ0) is 29.9. The van der Waals surface area contributed by atoms with E-state index < -0.39 is 0 Å². The maximum Gasteiger partial charge on any atom is 0.247 e. The zero-order valence-corrected chi connectivity index (χ0v) is 25.9. The smallest absolute Gasteiger partial charge is 0.247 e. The first-order chi connectivity index (χ1) is 21.6. The highest BCUT2D eigenvalue weighted by Crippen LogP contribution is 2.38. The van der Waals surface area contributed by atoms with Crippen molar-refractivity contribution in [3.63, 3.8) is 0 Å². The lowest BCUT2D eigenvalue weighted by molar-refractivity contribution is -0.116. The van der Waals surface area contributed by atoms with Gasteiger partial charge in [-0.05, 0) is 97.5 Å². The number of nitrogens with one attached hydrogen (secondary N) is 1. The first kappa shape index (κ1) is 29.1. The lowest BCUT2D eigenvalue weighted by atomic mass is 9.92. The molecular formula is C37H39FN4OS. The van der Waals surface area contributed by atoms with Gasteiger partial charge in [0.15, 0.2) is 0 Å². The van der Waals surface area contributed by atoms with Crippen LogP contribution in [0.3, 0.4) is 0 Å². The van der Waals surface area contributed by atoms with Crippen LogP contribution in [-0.2, 0) is 11.3 Å². The van der Waals surface area contributed by atoms with Gasteiger partial charge in [-0.25, -0.2) is 4.39 Å².